The van der Waals surface area contributed by atoms with Gasteiger partial charge in [-0.25, -0.2) is 0 Å². The van der Waals surface area contributed by atoms with Crippen molar-refractivity contribution in [1.29, 1.82) is 0 Å². The van der Waals surface area contributed by atoms with Gasteiger partial charge in [-0.3, -0.25) is 0 Å². The van der Waals surface area contributed by atoms with Gasteiger partial charge in [0.05, 0.1) is 0 Å². The maximum atomic E-state index is 9.07. The fourth-order valence-corrected chi connectivity index (χ4v) is 2.36. The predicted molar refractivity (Wildman–Crippen MR) is 76.0 cm³/mol. The predicted octanol–water partition coefficient (Wildman–Crippen LogP) is 3.51. The van der Waals surface area contributed by atoms with Crippen LogP contribution in [0.1, 0.15) is 38.8 Å². The number of aliphatic hydroxyl groups excluding tert-OH is 1. The summed E-state index contributed by atoms with van der Waals surface area (Å²) in [7, 11) is 0. The van der Waals surface area contributed by atoms with Crippen molar-refractivity contribution in [3.63, 3.8) is 0 Å². The lowest BCUT2D eigenvalue weighted by atomic mass is 9.99. The van der Waals surface area contributed by atoms with Crippen molar-refractivity contribution in [1.82, 2.24) is 5.32 Å². The molecule has 0 spiro atoms. The topological polar surface area (TPSA) is 32.3 Å². The molecule has 2 atom stereocenters. The third-order valence-electron chi connectivity index (χ3n) is 3.06. The molecule has 0 saturated carbocycles. The Bertz CT molecular complexity index is 341. The van der Waals surface area contributed by atoms with Gasteiger partial charge in [-0.2, -0.15) is 0 Å². The zero-order valence-corrected chi connectivity index (χ0v) is 12.4. The molecule has 17 heavy (non-hydrogen) atoms. The minimum atomic E-state index is 0.237. The van der Waals surface area contributed by atoms with Crippen molar-refractivity contribution in [2.45, 2.75) is 39.3 Å². The molecule has 0 amide bonds. The summed E-state index contributed by atoms with van der Waals surface area (Å²) in [5.41, 5.74) is 1.27. The van der Waals surface area contributed by atoms with Crippen LogP contribution >= 0.6 is 15.9 Å². The van der Waals surface area contributed by atoms with Gasteiger partial charge < -0.3 is 10.4 Å². The Hall–Kier alpha value is -0.380. The summed E-state index contributed by atoms with van der Waals surface area (Å²) < 4.78 is 1.10. The number of hydrogen-bond donors (Lipinski definition) is 2. The Kier molecular flexibility index (Phi) is 6.17. The molecule has 2 N–H and O–H groups in total. The van der Waals surface area contributed by atoms with E-state index in [1.807, 2.05) is 12.1 Å². The molecule has 0 radical (unpaired) electrons. The summed E-state index contributed by atoms with van der Waals surface area (Å²) in [6.45, 7) is 6.76. The number of rotatable bonds is 6. The molecule has 0 saturated heterocycles. The Labute approximate surface area is 113 Å². The molecule has 0 fully saturated rings. The molecule has 0 bridgehead atoms. The summed E-state index contributed by atoms with van der Waals surface area (Å²) >= 11 is 3.49. The molecule has 0 aromatic heterocycles. The highest BCUT2D eigenvalue weighted by molar-refractivity contribution is 9.10. The number of halogens is 1. The second kappa shape index (κ2) is 7.14. The average molecular weight is 300 g/mol. The zero-order valence-electron chi connectivity index (χ0n) is 10.8. The molecule has 0 aliphatic heterocycles. The molecule has 1 aromatic carbocycles. The van der Waals surface area contributed by atoms with Crippen LogP contribution in [0.5, 0.6) is 0 Å². The highest BCUT2D eigenvalue weighted by Gasteiger charge is 2.16. The van der Waals surface area contributed by atoms with Crippen LogP contribution in [0.2, 0.25) is 0 Å². The van der Waals surface area contributed by atoms with Crippen molar-refractivity contribution in [3.8, 4) is 0 Å². The number of benzene rings is 1. The normalized spacial score (nSPS) is 14.9. The molecule has 1 rings (SSSR count). The van der Waals surface area contributed by atoms with Crippen LogP contribution in [0.4, 0.5) is 0 Å². The van der Waals surface area contributed by atoms with Crippen LogP contribution in [0, 0.1) is 5.92 Å². The van der Waals surface area contributed by atoms with Crippen LogP contribution < -0.4 is 5.32 Å². The van der Waals surface area contributed by atoms with E-state index >= 15 is 0 Å². The first kappa shape index (κ1) is 14.7. The minimum absolute atomic E-state index is 0.237. The number of hydrogen-bond acceptors (Lipinski definition) is 2. The molecule has 1 aromatic rings. The highest BCUT2D eigenvalue weighted by atomic mass is 79.9. The van der Waals surface area contributed by atoms with Gasteiger partial charge in [0.2, 0.25) is 0 Å². The summed E-state index contributed by atoms with van der Waals surface area (Å²) in [5.74, 6) is 0.525. The van der Waals surface area contributed by atoms with Gasteiger partial charge in [0.25, 0.3) is 0 Å². The summed E-state index contributed by atoms with van der Waals surface area (Å²) in [5, 5.41) is 12.6. The van der Waals surface area contributed by atoms with E-state index in [4.69, 9.17) is 5.11 Å². The monoisotopic (exact) mass is 299 g/mol. The Morgan fingerprint density at radius 2 is 2.00 bits per heavy atom. The molecular formula is C14H22BrNO. The van der Waals surface area contributed by atoms with Gasteiger partial charge in [0.1, 0.15) is 0 Å². The van der Waals surface area contributed by atoms with Gasteiger partial charge >= 0.3 is 0 Å². The van der Waals surface area contributed by atoms with Crippen molar-refractivity contribution >= 4 is 15.9 Å². The van der Waals surface area contributed by atoms with Gasteiger partial charge in [-0.15, -0.1) is 0 Å². The van der Waals surface area contributed by atoms with E-state index in [-0.39, 0.29) is 6.61 Å². The van der Waals surface area contributed by atoms with E-state index < -0.39 is 0 Å². The molecular weight excluding hydrogens is 278 g/mol. The van der Waals surface area contributed by atoms with E-state index in [1.54, 1.807) is 0 Å². The summed E-state index contributed by atoms with van der Waals surface area (Å²) in [6, 6.07) is 8.99. The van der Waals surface area contributed by atoms with Crippen molar-refractivity contribution in [3.05, 3.63) is 34.3 Å². The van der Waals surface area contributed by atoms with Gasteiger partial charge in [0, 0.05) is 23.2 Å². The lowest BCUT2D eigenvalue weighted by Gasteiger charge is -2.26. The van der Waals surface area contributed by atoms with Crippen LogP contribution in [-0.4, -0.2) is 17.8 Å². The molecule has 3 heteroatoms. The number of nitrogens with one attached hydrogen (secondary N) is 1. The van der Waals surface area contributed by atoms with Crippen molar-refractivity contribution < 1.29 is 5.11 Å². The third kappa shape index (κ3) is 4.78. The van der Waals surface area contributed by atoms with Crippen LogP contribution in [0.15, 0.2) is 28.7 Å². The van der Waals surface area contributed by atoms with E-state index in [1.165, 1.54) is 5.56 Å². The standard InChI is InChI=1S/C14H22BrNO/c1-10(2)14(7-8-17)16-11(3)12-5-4-6-13(15)9-12/h4-6,9-11,14,16-17H,7-8H2,1-3H3. The fourth-order valence-electron chi connectivity index (χ4n) is 1.94. The van der Waals surface area contributed by atoms with Gasteiger partial charge in [-0.05, 0) is 37.0 Å². The second-order valence-electron chi connectivity index (χ2n) is 4.81. The lowest BCUT2D eigenvalue weighted by molar-refractivity contribution is 0.237. The zero-order chi connectivity index (χ0) is 12.8. The maximum absolute atomic E-state index is 9.07. The molecule has 96 valence electrons. The van der Waals surface area contributed by atoms with Gasteiger partial charge in [-0.1, -0.05) is 41.9 Å². The molecule has 0 heterocycles. The van der Waals surface area contributed by atoms with Gasteiger partial charge in [0.15, 0.2) is 0 Å². The average Bonchev–Trinajstić information content (AvgIpc) is 2.28. The Morgan fingerprint density at radius 1 is 1.29 bits per heavy atom. The van der Waals surface area contributed by atoms with Crippen LogP contribution in [-0.2, 0) is 0 Å². The first-order chi connectivity index (χ1) is 8.04. The minimum Gasteiger partial charge on any atom is -0.396 e. The SMILES string of the molecule is CC(NC(CCO)C(C)C)c1cccc(Br)c1. The van der Waals surface area contributed by atoms with E-state index in [2.05, 4.69) is 54.2 Å². The maximum Gasteiger partial charge on any atom is 0.0445 e. The second-order valence-corrected chi connectivity index (χ2v) is 5.72. The Balaban J connectivity index is 2.66. The van der Waals surface area contributed by atoms with E-state index in [0.29, 0.717) is 18.0 Å². The van der Waals surface area contributed by atoms with E-state index in [0.717, 1.165) is 10.9 Å². The molecule has 2 nitrogen and oxygen atoms in total. The van der Waals surface area contributed by atoms with Crippen molar-refractivity contribution in [2.75, 3.05) is 6.61 Å². The lowest BCUT2D eigenvalue weighted by Crippen LogP contribution is -2.36. The quantitative estimate of drug-likeness (QED) is 0.842. The van der Waals surface area contributed by atoms with Crippen LogP contribution in [0.25, 0.3) is 0 Å². The van der Waals surface area contributed by atoms with Crippen molar-refractivity contribution in [2.24, 2.45) is 5.92 Å². The largest absolute Gasteiger partial charge is 0.396 e. The first-order valence-corrected chi connectivity index (χ1v) is 6.96. The first-order valence-electron chi connectivity index (χ1n) is 6.17. The van der Waals surface area contributed by atoms with Crippen LogP contribution in [0.3, 0.4) is 0 Å². The molecule has 0 aliphatic carbocycles. The Morgan fingerprint density at radius 3 is 2.53 bits per heavy atom. The highest BCUT2D eigenvalue weighted by Crippen LogP contribution is 2.20. The fraction of sp³-hybridized carbons (Fsp3) is 0.571. The third-order valence-corrected chi connectivity index (χ3v) is 3.55. The smallest absolute Gasteiger partial charge is 0.0445 e. The molecule has 0 aliphatic rings. The number of aliphatic hydroxyl groups is 1. The summed E-state index contributed by atoms with van der Waals surface area (Å²) in [6.07, 6.45) is 0.802. The van der Waals surface area contributed by atoms with E-state index in [9.17, 15) is 0 Å². The summed E-state index contributed by atoms with van der Waals surface area (Å²) in [4.78, 5) is 0. The molecule has 2 unspecified atom stereocenters.